The zero-order valence-electron chi connectivity index (χ0n) is 16.2. The molecule has 0 bridgehead atoms. The standard InChI is InChI=1S/C21H21ClF2N2O3/c1-21(2,3)26(20(28)29)17-9-6-12-13(5-8-16(24)18(12)17)19(27)25-11-4-7-15(23)14(22)10-11/h4-5,7-8,10,17H,6,9H2,1-3H3,(H,25,27)(H,28,29)/t17-/m0/s1. The predicted octanol–water partition coefficient (Wildman–Crippen LogP) is 5.64. The lowest BCUT2D eigenvalue weighted by atomic mass is 9.97. The van der Waals surface area contributed by atoms with Gasteiger partial charge in [0.2, 0.25) is 0 Å². The molecule has 0 heterocycles. The second kappa shape index (κ2) is 7.63. The second-order valence-corrected chi connectivity index (χ2v) is 8.36. The van der Waals surface area contributed by atoms with Gasteiger partial charge in [-0.25, -0.2) is 13.6 Å². The number of carboxylic acid groups (broad SMARTS) is 1. The van der Waals surface area contributed by atoms with Crippen LogP contribution in [0, 0.1) is 11.6 Å². The average Bonchev–Trinajstić information content (AvgIpc) is 3.02. The number of rotatable bonds is 3. The molecule has 5 nitrogen and oxygen atoms in total. The van der Waals surface area contributed by atoms with Crippen molar-refractivity contribution in [1.29, 1.82) is 0 Å². The first-order valence-electron chi connectivity index (χ1n) is 9.10. The maximum Gasteiger partial charge on any atom is 0.408 e. The molecule has 29 heavy (non-hydrogen) atoms. The Morgan fingerprint density at radius 1 is 1.17 bits per heavy atom. The number of halogens is 3. The van der Waals surface area contributed by atoms with E-state index in [9.17, 15) is 23.5 Å². The molecule has 1 atom stereocenters. The summed E-state index contributed by atoms with van der Waals surface area (Å²) in [4.78, 5) is 25.9. The van der Waals surface area contributed by atoms with Gasteiger partial charge in [0.15, 0.2) is 0 Å². The molecule has 0 saturated heterocycles. The van der Waals surface area contributed by atoms with Crippen molar-refractivity contribution in [2.75, 3.05) is 5.32 Å². The van der Waals surface area contributed by atoms with Crippen molar-refractivity contribution in [3.63, 3.8) is 0 Å². The van der Waals surface area contributed by atoms with Gasteiger partial charge in [-0.15, -0.1) is 0 Å². The molecule has 0 saturated carbocycles. The van der Waals surface area contributed by atoms with Crippen molar-refractivity contribution in [1.82, 2.24) is 4.90 Å². The highest BCUT2D eigenvalue weighted by Crippen LogP contribution is 2.42. The van der Waals surface area contributed by atoms with Gasteiger partial charge in [-0.2, -0.15) is 0 Å². The van der Waals surface area contributed by atoms with Crippen LogP contribution in [0.4, 0.5) is 19.3 Å². The van der Waals surface area contributed by atoms with Gasteiger partial charge < -0.3 is 10.4 Å². The number of hydrogen-bond donors (Lipinski definition) is 2. The number of carbonyl (C=O) groups excluding carboxylic acids is 1. The van der Waals surface area contributed by atoms with Gasteiger partial charge >= 0.3 is 6.09 Å². The number of amides is 2. The van der Waals surface area contributed by atoms with Crippen LogP contribution in [0.1, 0.15) is 54.7 Å². The number of nitrogens with zero attached hydrogens (tertiary/aromatic N) is 1. The largest absolute Gasteiger partial charge is 0.465 e. The van der Waals surface area contributed by atoms with Crippen molar-refractivity contribution >= 4 is 29.3 Å². The number of fused-ring (bicyclic) bond motifs is 1. The van der Waals surface area contributed by atoms with Crippen molar-refractivity contribution < 1.29 is 23.5 Å². The fraction of sp³-hybridized carbons (Fsp3) is 0.333. The van der Waals surface area contributed by atoms with Crippen LogP contribution >= 0.6 is 11.6 Å². The van der Waals surface area contributed by atoms with E-state index in [1.54, 1.807) is 20.8 Å². The van der Waals surface area contributed by atoms with E-state index in [1.807, 2.05) is 0 Å². The maximum absolute atomic E-state index is 14.7. The molecule has 2 N–H and O–H groups in total. The Kier molecular flexibility index (Phi) is 5.54. The molecule has 2 aromatic carbocycles. The van der Waals surface area contributed by atoms with Crippen LogP contribution in [0.5, 0.6) is 0 Å². The molecule has 0 fully saturated rings. The fourth-order valence-electron chi connectivity index (χ4n) is 3.82. The van der Waals surface area contributed by atoms with Crippen LogP contribution in [-0.4, -0.2) is 27.5 Å². The number of anilines is 1. The Labute approximate surface area is 172 Å². The van der Waals surface area contributed by atoms with Crippen LogP contribution in [0.25, 0.3) is 0 Å². The maximum atomic E-state index is 14.7. The monoisotopic (exact) mass is 422 g/mol. The molecule has 2 aromatic rings. The molecule has 154 valence electrons. The summed E-state index contributed by atoms with van der Waals surface area (Å²) in [6, 6.07) is 5.66. The van der Waals surface area contributed by atoms with Crippen LogP contribution in [0.3, 0.4) is 0 Å². The predicted molar refractivity (Wildman–Crippen MR) is 106 cm³/mol. The third-order valence-corrected chi connectivity index (χ3v) is 5.26. The Morgan fingerprint density at radius 3 is 2.41 bits per heavy atom. The highest BCUT2D eigenvalue weighted by Gasteiger charge is 2.40. The van der Waals surface area contributed by atoms with Gasteiger partial charge in [0.1, 0.15) is 11.6 Å². The van der Waals surface area contributed by atoms with Crippen LogP contribution in [0.2, 0.25) is 5.02 Å². The quantitative estimate of drug-likeness (QED) is 0.672. The molecule has 0 spiro atoms. The highest BCUT2D eigenvalue weighted by atomic mass is 35.5. The summed E-state index contributed by atoms with van der Waals surface area (Å²) < 4.78 is 28.0. The Bertz CT molecular complexity index is 989. The first-order chi connectivity index (χ1) is 13.5. The molecule has 3 rings (SSSR count). The lowest BCUT2D eigenvalue weighted by Gasteiger charge is -2.38. The molecule has 0 aromatic heterocycles. The zero-order valence-corrected chi connectivity index (χ0v) is 17.0. The van der Waals surface area contributed by atoms with Crippen LogP contribution in [-0.2, 0) is 6.42 Å². The molecule has 1 aliphatic carbocycles. The third kappa shape index (κ3) is 4.05. The van der Waals surface area contributed by atoms with Gasteiger partial charge in [0.05, 0.1) is 11.1 Å². The lowest BCUT2D eigenvalue weighted by Crippen LogP contribution is -2.46. The Balaban J connectivity index is 1.98. The molecule has 2 amide bonds. The van der Waals surface area contributed by atoms with Crippen molar-refractivity contribution in [3.8, 4) is 0 Å². The molecule has 0 aliphatic heterocycles. The summed E-state index contributed by atoms with van der Waals surface area (Å²) in [6.45, 7) is 5.23. The van der Waals surface area contributed by atoms with E-state index in [1.165, 1.54) is 29.2 Å². The van der Waals surface area contributed by atoms with E-state index >= 15 is 0 Å². The fourth-order valence-corrected chi connectivity index (χ4v) is 4.00. The van der Waals surface area contributed by atoms with E-state index in [-0.39, 0.29) is 16.1 Å². The first kappa shape index (κ1) is 21.0. The number of carbonyl (C=O) groups is 2. The van der Waals surface area contributed by atoms with Crippen LogP contribution in [0.15, 0.2) is 30.3 Å². The zero-order chi connectivity index (χ0) is 21.5. The summed E-state index contributed by atoms with van der Waals surface area (Å²) in [5.41, 5.74) is 0.524. The van der Waals surface area contributed by atoms with Crippen molar-refractivity contribution in [2.45, 2.75) is 45.2 Å². The van der Waals surface area contributed by atoms with E-state index in [4.69, 9.17) is 11.6 Å². The minimum absolute atomic E-state index is 0.130. The van der Waals surface area contributed by atoms with Gasteiger partial charge in [-0.1, -0.05) is 11.6 Å². The summed E-state index contributed by atoms with van der Waals surface area (Å²) in [7, 11) is 0. The minimum atomic E-state index is -1.15. The van der Waals surface area contributed by atoms with E-state index in [2.05, 4.69) is 5.32 Å². The highest BCUT2D eigenvalue weighted by molar-refractivity contribution is 6.31. The molecule has 8 heteroatoms. The molecular formula is C21H21ClF2N2O3. The van der Waals surface area contributed by atoms with E-state index in [0.29, 0.717) is 24.1 Å². The summed E-state index contributed by atoms with van der Waals surface area (Å²) in [6.07, 6.45) is -0.405. The van der Waals surface area contributed by atoms with Gasteiger partial charge in [-0.3, -0.25) is 9.69 Å². The normalized spacial score (nSPS) is 15.7. The van der Waals surface area contributed by atoms with Gasteiger partial charge in [0.25, 0.3) is 5.91 Å². The minimum Gasteiger partial charge on any atom is -0.465 e. The Morgan fingerprint density at radius 2 is 1.83 bits per heavy atom. The SMILES string of the molecule is CC(C)(C)N(C(=O)O)[C@H]1CCc2c(C(=O)Nc3ccc(F)c(Cl)c3)ccc(F)c21. The molecule has 0 unspecified atom stereocenters. The summed E-state index contributed by atoms with van der Waals surface area (Å²) in [5, 5.41) is 12.2. The van der Waals surface area contributed by atoms with Crippen molar-refractivity contribution in [3.05, 3.63) is 63.7 Å². The molecule has 0 radical (unpaired) electrons. The topological polar surface area (TPSA) is 69.6 Å². The van der Waals surface area contributed by atoms with Gasteiger partial charge in [0, 0.05) is 22.4 Å². The summed E-state index contributed by atoms with van der Waals surface area (Å²) in [5.74, 6) is -1.65. The van der Waals surface area contributed by atoms with Gasteiger partial charge in [-0.05, 0) is 69.5 Å². The third-order valence-electron chi connectivity index (χ3n) is 4.97. The smallest absolute Gasteiger partial charge is 0.408 e. The molecule has 1 aliphatic rings. The Hall–Kier alpha value is -2.67. The number of benzene rings is 2. The lowest BCUT2D eigenvalue weighted by molar-refractivity contribution is 0.0691. The first-order valence-corrected chi connectivity index (χ1v) is 9.48. The van der Waals surface area contributed by atoms with Crippen molar-refractivity contribution in [2.24, 2.45) is 0 Å². The average molecular weight is 423 g/mol. The number of hydrogen-bond acceptors (Lipinski definition) is 2. The summed E-state index contributed by atoms with van der Waals surface area (Å²) >= 11 is 5.75. The van der Waals surface area contributed by atoms with Crippen LogP contribution < -0.4 is 5.32 Å². The second-order valence-electron chi connectivity index (χ2n) is 7.95. The molecular weight excluding hydrogens is 402 g/mol. The van der Waals surface area contributed by atoms with E-state index < -0.39 is 35.2 Å². The number of nitrogens with one attached hydrogen (secondary N) is 1. The van der Waals surface area contributed by atoms with E-state index in [0.717, 1.165) is 6.07 Å².